The summed E-state index contributed by atoms with van der Waals surface area (Å²) in [5.41, 5.74) is 1.96. The molecule has 118 valence electrons. The van der Waals surface area contributed by atoms with Crippen molar-refractivity contribution in [3.63, 3.8) is 0 Å². The minimum Gasteiger partial charge on any atom is -0.383 e. The molecule has 1 aromatic carbocycles. The summed E-state index contributed by atoms with van der Waals surface area (Å²) in [6.45, 7) is 4.04. The summed E-state index contributed by atoms with van der Waals surface area (Å²) in [6, 6.07) is 7.83. The largest absolute Gasteiger partial charge is 0.383 e. The Kier molecular flexibility index (Phi) is 5.80. The smallest absolute Gasteiger partial charge is 0.271 e. The first-order valence-electron chi connectivity index (χ1n) is 7.22. The van der Waals surface area contributed by atoms with E-state index in [9.17, 15) is 9.18 Å². The lowest BCUT2D eigenvalue weighted by atomic mass is 10.1. The van der Waals surface area contributed by atoms with Crippen LogP contribution in [0.4, 0.5) is 4.39 Å². The topological polar surface area (TPSA) is 56.1 Å². The summed E-state index contributed by atoms with van der Waals surface area (Å²) in [5.74, 6) is -0.297. The van der Waals surface area contributed by atoms with Gasteiger partial charge in [-0.1, -0.05) is 0 Å². The summed E-state index contributed by atoms with van der Waals surface area (Å²) >= 11 is 0. The molecule has 1 heterocycles. The van der Waals surface area contributed by atoms with Crippen LogP contribution in [0.2, 0.25) is 0 Å². The van der Waals surface area contributed by atoms with Crippen molar-refractivity contribution in [1.29, 1.82) is 0 Å². The van der Waals surface area contributed by atoms with Gasteiger partial charge in [0.15, 0.2) is 0 Å². The van der Waals surface area contributed by atoms with Crippen LogP contribution in [-0.4, -0.2) is 30.0 Å². The van der Waals surface area contributed by atoms with Crippen LogP contribution < -0.4 is 10.9 Å². The predicted octanol–water partition coefficient (Wildman–Crippen LogP) is 1.81. The Hall–Kier alpha value is -2.05. The number of nitrogens with one attached hydrogen (secondary N) is 1. The average Bonchev–Trinajstić information content (AvgIpc) is 2.53. The van der Waals surface area contributed by atoms with E-state index in [4.69, 9.17) is 4.74 Å². The van der Waals surface area contributed by atoms with Gasteiger partial charge in [-0.25, -0.2) is 9.07 Å². The summed E-state index contributed by atoms with van der Waals surface area (Å²) in [7, 11) is 1.63. The maximum Gasteiger partial charge on any atom is 0.271 e. The van der Waals surface area contributed by atoms with Crippen molar-refractivity contribution in [3.8, 4) is 11.3 Å². The molecule has 0 atom stereocenters. The average molecular weight is 305 g/mol. The number of benzene rings is 1. The number of hydrogen-bond acceptors (Lipinski definition) is 4. The molecule has 0 radical (unpaired) electrons. The fourth-order valence-corrected chi connectivity index (χ4v) is 2.10. The number of aromatic nitrogens is 2. The molecule has 1 N–H and O–H groups in total. The fraction of sp³-hybridized carbons (Fsp3) is 0.375. The predicted molar refractivity (Wildman–Crippen MR) is 83.1 cm³/mol. The summed E-state index contributed by atoms with van der Waals surface area (Å²) in [6.07, 6.45) is 0. The molecule has 0 saturated carbocycles. The molecule has 0 unspecified atom stereocenters. The number of methoxy groups -OCH3 is 1. The van der Waals surface area contributed by atoms with Gasteiger partial charge in [0, 0.05) is 37.9 Å². The van der Waals surface area contributed by atoms with Gasteiger partial charge in [-0.15, -0.1) is 0 Å². The first kappa shape index (κ1) is 16.3. The second-order valence-corrected chi connectivity index (χ2v) is 4.85. The lowest BCUT2D eigenvalue weighted by molar-refractivity contribution is 0.199. The lowest BCUT2D eigenvalue weighted by Gasteiger charge is -2.10. The number of halogens is 1. The standard InChI is InChI=1S/C16H20FN3O2/c1-3-20-16(21)13(11-18-8-9-22-2)10-15(19-20)12-4-6-14(17)7-5-12/h4-7,10,18H,3,8-9,11H2,1-2H3. The highest BCUT2D eigenvalue weighted by atomic mass is 19.1. The van der Waals surface area contributed by atoms with Crippen LogP contribution in [0.1, 0.15) is 12.5 Å². The Morgan fingerprint density at radius 3 is 2.68 bits per heavy atom. The van der Waals surface area contributed by atoms with Crippen molar-refractivity contribution >= 4 is 0 Å². The van der Waals surface area contributed by atoms with Gasteiger partial charge in [0.2, 0.25) is 0 Å². The van der Waals surface area contributed by atoms with Crippen LogP contribution in [0.3, 0.4) is 0 Å². The van der Waals surface area contributed by atoms with E-state index in [-0.39, 0.29) is 11.4 Å². The lowest BCUT2D eigenvalue weighted by Crippen LogP contribution is -2.30. The second kappa shape index (κ2) is 7.82. The zero-order valence-corrected chi connectivity index (χ0v) is 12.8. The number of nitrogens with zero attached hydrogens (tertiary/aromatic N) is 2. The molecule has 0 spiro atoms. The maximum absolute atomic E-state index is 13.0. The van der Waals surface area contributed by atoms with Gasteiger partial charge < -0.3 is 10.1 Å². The van der Waals surface area contributed by atoms with Crippen LogP contribution in [-0.2, 0) is 17.8 Å². The van der Waals surface area contributed by atoms with Crippen LogP contribution in [0.25, 0.3) is 11.3 Å². The highest BCUT2D eigenvalue weighted by Crippen LogP contribution is 2.17. The quantitative estimate of drug-likeness (QED) is 0.793. The van der Waals surface area contributed by atoms with Gasteiger partial charge in [0.1, 0.15) is 5.82 Å². The molecule has 0 saturated heterocycles. The third-order valence-electron chi connectivity index (χ3n) is 3.29. The second-order valence-electron chi connectivity index (χ2n) is 4.85. The Bertz CT molecular complexity index is 668. The molecule has 1 aromatic heterocycles. The first-order chi connectivity index (χ1) is 10.7. The SMILES string of the molecule is CCn1nc(-c2ccc(F)cc2)cc(CNCCOC)c1=O. The van der Waals surface area contributed by atoms with Gasteiger partial charge in [0.05, 0.1) is 12.3 Å². The van der Waals surface area contributed by atoms with Crippen molar-refractivity contribution in [2.75, 3.05) is 20.3 Å². The van der Waals surface area contributed by atoms with Gasteiger partial charge in [-0.3, -0.25) is 4.79 Å². The molecular weight excluding hydrogens is 285 g/mol. The van der Waals surface area contributed by atoms with Gasteiger partial charge in [-0.05, 0) is 37.3 Å². The Morgan fingerprint density at radius 1 is 1.32 bits per heavy atom. The molecule has 0 bridgehead atoms. The molecule has 0 aliphatic rings. The van der Waals surface area contributed by atoms with Crippen molar-refractivity contribution in [1.82, 2.24) is 15.1 Å². The van der Waals surface area contributed by atoms with Gasteiger partial charge in [-0.2, -0.15) is 5.10 Å². The number of rotatable bonds is 7. The molecule has 0 fully saturated rings. The van der Waals surface area contributed by atoms with Crippen molar-refractivity contribution in [2.24, 2.45) is 0 Å². The van der Waals surface area contributed by atoms with Crippen molar-refractivity contribution in [2.45, 2.75) is 20.0 Å². The minimum absolute atomic E-state index is 0.113. The van der Waals surface area contributed by atoms with Crippen molar-refractivity contribution < 1.29 is 9.13 Å². The molecule has 2 aromatic rings. The van der Waals surface area contributed by atoms with E-state index in [1.165, 1.54) is 16.8 Å². The van der Waals surface area contributed by atoms with E-state index in [1.54, 1.807) is 25.3 Å². The Balaban J connectivity index is 2.31. The fourth-order valence-electron chi connectivity index (χ4n) is 2.10. The summed E-state index contributed by atoms with van der Waals surface area (Å²) in [5, 5.41) is 7.48. The van der Waals surface area contributed by atoms with E-state index in [2.05, 4.69) is 10.4 Å². The van der Waals surface area contributed by atoms with Crippen molar-refractivity contribution in [3.05, 3.63) is 52.1 Å². The van der Waals surface area contributed by atoms with E-state index in [0.717, 1.165) is 5.56 Å². The number of ether oxygens (including phenoxy) is 1. The van der Waals surface area contributed by atoms with E-state index < -0.39 is 0 Å². The summed E-state index contributed by atoms with van der Waals surface area (Å²) < 4.78 is 19.4. The third-order valence-corrected chi connectivity index (χ3v) is 3.29. The van der Waals surface area contributed by atoms with E-state index in [0.29, 0.717) is 37.5 Å². The normalized spacial score (nSPS) is 10.9. The van der Waals surface area contributed by atoms with Gasteiger partial charge in [0.25, 0.3) is 5.56 Å². The minimum atomic E-state index is -0.297. The van der Waals surface area contributed by atoms with E-state index in [1.807, 2.05) is 6.92 Å². The third kappa shape index (κ3) is 3.99. The highest BCUT2D eigenvalue weighted by molar-refractivity contribution is 5.58. The number of hydrogen-bond donors (Lipinski definition) is 1. The zero-order chi connectivity index (χ0) is 15.9. The zero-order valence-electron chi connectivity index (χ0n) is 12.8. The van der Waals surface area contributed by atoms with Gasteiger partial charge >= 0.3 is 0 Å². The Labute approximate surface area is 128 Å². The molecular formula is C16H20FN3O2. The van der Waals surface area contributed by atoms with Crippen LogP contribution in [0, 0.1) is 5.82 Å². The summed E-state index contributed by atoms with van der Waals surface area (Å²) in [4.78, 5) is 12.3. The molecule has 6 heteroatoms. The molecule has 2 rings (SSSR count). The molecule has 0 aliphatic carbocycles. The molecule has 5 nitrogen and oxygen atoms in total. The van der Waals surface area contributed by atoms with Crippen LogP contribution in [0.15, 0.2) is 35.1 Å². The molecule has 22 heavy (non-hydrogen) atoms. The number of aryl methyl sites for hydroxylation is 1. The van der Waals surface area contributed by atoms with Crippen LogP contribution >= 0.6 is 0 Å². The maximum atomic E-state index is 13.0. The van der Waals surface area contributed by atoms with E-state index >= 15 is 0 Å². The van der Waals surface area contributed by atoms with Crippen LogP contribution in [0.5, 0.6) is 0 Å². The monoisotopic (exact) mass is 305 g/mol. The Morgan fingerprint density at radius 2 is 2.05 bits per heavy atom. The molecule has 0 amide bonds. The first-order valence-corrected chi connectivity index (χ1v) is 7.22. The molecule has 0 aliphatic heterocycles. The highest BCUT2D eigenvalue weighted by Gasteiger charge is 2.09.